The molecule has 0 aliphatic heterocycles. The Morgan fingerprint density at radius 3 is 2.41 bits per heavy atom. The van der Waals surface area contributed by atoms with E-state index in [9.17, 15) is 8.78 Å². The molecule has 0 aliphatic carbocycles. The fourth-order valence-electron chi connectivity index (χ4n) is 0.932. The van der Waals surface area contributed by atoms with E-state index in [1.165, 1.54) is 25.0 Å². The number of hydrogen-bond acceptors (Lipinski definition) is 1. The Hall–Kier alpha value is -0.680. The molecule has 0 radical (unpaired) electrons. The summed E-state index contributed by atoms with van der Waals surface area (Å²) in [6, 6.07) is 7.96. The molecule has 98 valence electrons. The maximum absolute atomic E-state index is 11.5. The second-order valence-corrected chi connectivity index (χ2v) is 3.61. The number of benzene rings is 1. The fraction of sp³-hybridized carbons (Fsp3) is 0.500. The second kappa shape index (κ2) is 11.8. The molecule has 0 N–H and O–H groups in total. The van der Waals surface area contributed by atoms with Crippen molar-refractivity contribution in [2.75, 3.05) is 12.0 Å². The summed E-state index contributed by atoms with van der Waals surface area (Å²) < 4.78 is 27.1. The fourth-order valence-corrected chi connectivity index (χ4v) is 1.18. The van der Waals surface area contributed by atoms with E-state index in [1.54, 1.807) is 18.2 Å². The summed E-state index contributed by atoms with van der Waals surface area (Å²) in [6.45, 7) is 0.452. The van der Waals surface area contributed by atoms with E-state index in [2.05, 4.69) is 32.9 Å². The zero-order chi connectivity index (χ0) is 12.9. The van der Waals surface area contributed by atoms with Gasteiger partial charge in [-0.1, -0.05) is 43.4 Å². The molecule has 0 fully saturated rings. The van der Waals surface area contributed by atoms with Gasteiger partial charge < -0.3 is 10.1 Å². The van der Waals surface area contributed by atoms with Crippen LogP contribution in [-0.2, 0) is 0 Å². The molecule has 0 aromatic heterocycles. The van der Waals surface area contributed by atoms with Crippen LogP contribution in [0.5, 0.6) is 5.75 Å². The van der Waals surface area contributed by atoms with E-state index in [-0.39, 0.29) is 5.75 Å². The molecule has 0 bridgehead atoms. The Kier molecular flexibility index (Phi) is 11.3. The standard InChI is InChI=1S/C7H6F2O.C5H11BrN/c8-7(9)10-6-4-2-1-3-5-6;1-2-3-4-7-5-6/h1-5,7H;2-5H2,1H3/q;-1. The van der Waals surface area contributed by atoms with E-state index in [0.29, 0.717) is 0 Å². The lowest BCUT2D eigenvalue weighted by atomic mass is 10.3. The first kappa shape index (κ1) is 16.3. The van der Waals surface area contributed by atoms with Crippen LogP contribution in [0.2, 0.25) is 0 Å². The van der Waals surface area contributed by atoms with Crippen LogP contribution in [0.1, 0.15) is 19.8 Å². The minimum absolute atomic E-state index is 0.192. The Morgan fingerprint density at radius 1 is 1.29 bits per heavy atom. The third-order valence-corrected chi connectivity index (χ3v) is 2.08. The molecule has 1 aromatic carbocycles. The minimum atomic E-state index is -2.73. The molecule has 17 heavy (non-hydrogen) atoms. The van der Waals surface area contributed by atoms with Gasteiger partial charge in [-0.2, -0.15) is 8.78 Å². The Morgan fingerprint density at radius 2 is 1.94 bits per heavy atom. The molecule has 0 heterocycles. The highest BCUT2D eigenvalue weighted by atomic mass is 79.9. The van der Waals surface area contributed by atoms with Crippen molar-refractivity contribution in [1.82, 2.24) is 0 Å². The van der Waals surface area contributed by atoms with Crippen LogP contribution in [0.25, 0.3) is 5.32 Å². The van der Waals surface area contributed by atoms with Crippen LogP contribution in [0, 0.1) is 0 Å². The molecule has 0 spiro atoms. The molecule has 0 unspecified atom stereocenters. The highest BCUT2D eigenvalue weighted by molar-refractivity contribution is 9.09. The van der Waals surface area contributed by atoms with Gasteiger partial charge >= 0.3 is 6.61 Å². The number of nitrogens with zero attached hydrogens (tertiary/aromatic N) is 1. The zero-order valence-corrected chi connectivity index (χ0v) is 11.4. The van der Waals surface area contributed by atoms with Crippen LogP contribution in [0.15, 0.2) is 30.3 Å². The van der Waals surface area contributed by atoms with Crippen molar-refractivity contribution in [3.63, 3.8) is 0 Å². The van der Waals surface area contributed by atoms with Gasteiger partial charge in [-0.05, 0) is 12.1 Å². The lowest BCUT2D eigenvalue weighted by Crippen LogP contribution is -2.00. The first-order valence-electron chi connectivity index (χ1n) is 5.39. The van der Waals surface area contributed by atoms with Gasteiger partial charge in [0.1, 0.15) is 5.75 Å². The smallest absolute Gasteiger partial charge is 0.387 e. The van der Waals surface area contributed by atoms with Gasteiger partial charge in [0, 0.05) is 0 Å². The van der Waals surface area contributed by atoms with Crippen molar-refractivity contribution >= 4 is 15.9 Å². The molecule has 0 atom stereocenters. The first-order chi connectivity index (χ1) is 8.20. The maximum Gasteiger partial charge on any atom is 0.387 e. The molecular formula is C12H17BrF2NO-. The summed E-state index contributed by atoms with van der Waals surface area (Å²) >= 11 is 3.21. The molecule has 0 amide bonds. The van der Waals surface area contributed by atoms with Crippen LogP contribution < -0.4 is 4.74 Å². The van der Waals surface area contributed by atoms with Gasteiger partial charge in [0.05, 0.1) is 0 Å². The van der Waals surface area contributed by atoms with Crippen LogP contribution in [0.3, 0.4) is 0 Å². The highest BCUT2D eigenvalue weighted by Crippen LogP contribution is 2.11. The molecule has 0 aliphatic rings. The number of halogens is 3. The van der Waals surface area contributed by atoms with Gasteiger partial charge in [-0.3, -0.25) is 0 Å². The molecule has 1 aromatic rings. The first-order valence-corrected chi connectivity index (χ1v) is 6.52. The predicted molar refractivity (Wildman–Crippen MR) is 70.0 cm³/mol. The molecular weight excluding hydrogens is 292 g/mol. The molecule has 0 saturated carbocycles. The number of alkyl halides is 3. The monoisotopic (exact) mass is 308 g/mol. The third kappa shape index (κ3) is 11.6. The van der Waals surface area contributed by atoms with Crippen molar-refractivity contribution in [3.05, 3.63) is 35.6 Å². The number of unbranched alkanes of at least 4 members (excludes halogenated alkanes) is 1. The lowest BCUT2D eigenvalue weighted by Gasteiger charge is -2.11. The van der Waals surface area contributed by atoms with Crippen LogP contribution in [0.4, 0.5) is 8.78 Å². The van der Waals surface area contributed by atoms with Crippen LogP contribution in [-0.4, -0.2) is 18.6 Å². The molecule has 2 nitrogen and oxygen atoms in total. The van der Waals surface area contributed by atoms with Gasteiger partial charge in [0.25, 0.3) is 0 Å². The van der Waals surface area contributed by atoms with E-state index >= 15 is 0 Å². The number of rotatable bonds is 6. The Balaban J connectivity index is 0.000000325. The summed E-state index contributed by atoms with van der Waals surface area (Å²) in [5.41, 5.74) is 0.799. The third-order valence-electron chi connectivity index (χ3n) is 1.72. The van der Waals surface area contributed by atoms with Gasteiger partial charge in [0.15, 0.2) is 0 Å². The number of hydrogen-bond donors (Lipinski definition) is 0. The summed E-state index contributed by atoms with van der Waals surface area (Å²) in [5, 5.41) is 4.08. The average molecular weight is 309 g/mol. The number of para-hydroxylation sites is 1. The Labute approximate surface area is 109 Å². The van der Waals surface area contributed by atoms with Gasteiger partial charge in [-0.25, -0.2) is 0 Å². The zero-order valence-electron chi connectivity index (χ0n) is 9.78. The van der Waals surface area contributed by atoms with Crippen LogP contribution >= 0.6 is 15.9 Å². The summed E-state index contributed by atoms with van der Waals surface area (Å²) in [5.74, 6) is 0.192. The molecule has 5 heteroatoms. The molecule has 0 saturated heterocycles. The van der Waals surface area contributed by atoms with Crippen molar-refractivity contribution in [3.8, 4) is 5.75 Å². The minimum Gasteiger partial charge on any atom is -0.653 e. The number of ether oxygens (including phenoxy) is 1. The van der Waals surface area contributed by atoms with E-state index in [4.69, 9.17) is 0 Å². The summed E-state index contributed by atoms with van der Waals surface area (Å²) in [7, 11) is 0. The van der Waals surface area contributed by atoms with Crippen molar-refractivity contribution < 1.29 is 13.5 Å². The normalized spacial score (nSPS) is 9.71. The quantitative estimate of drug-likeness (QED) is 0.420. The maximum atomic E-state index is 11.5. The summed E-state index contributed by atoms with van der Waals surface area (Å²) in [4.78, 5) is 0. The van der Waals surface area contributed by atoms with E-state index < -0.39 is 6.61 Å². The van der Waals surface area contributed by atoms with E-state index in [0.717, 1.165) is 12.0 Å². The topological polar surface area (TPSA) is 23.3 Å². The van der Waals surface area contributed by atoms with Crippen molar-refractivity contribution in [1.29, 1.82) is 0 Å². The van der Waals surface area contributed by atoms with Gasteiger partial charge in [0.2, 0.25) is 0 Å². The van der Waals surface area contributed by atoms with Gasteiger partial charge in [-0.15, -0.1) is 22.5 Å². The summed E-state index contributed by atoms with van der Waals surface area (Å²) in [6.07, 6.45) is 2.47. The molecule has 1 rings (SSSR count). The second-order valence-electron chi connectivity index (χ2n) is 3.11. The largest absolute Gasteiger partial charge is 0.653 e. The lowest BCUT2D eigenvalue weighted by molar-refractivity contribution is -0.0498. The predicted octanol–water partition coefficient (Wildman–Crippen LogP) is 4.80. The van der Waals surface area contributed by atoms with E-state index in [1.807, 2.05) is 0 Å². The SMILES string of the molecule is CCCC[N-]CBr.FC(F)Oc1ccccc1. The highest BCUT2D eigenvalue weighted by Gasteiger charge is 2.01. The average Bonchev–Trinajstić information content (AvgIpc) is 2.31. The van der Waals surface area contributed by atoms with Crippen molar-refractivity contribution in [2.24, 2.45) is 0 Å². The van der Waals surface area contributed by atoms with Crippen molar-refractivity contribution in [2.45, 2.75) is 26.4 Å². The Bertz CT molecular complexity index is 256.